The zero-order valence-electron chi connectivity index (χ0n) is 21.4. The van der Waals surface area contributed by atoms with Crippen molar-refractivity contribution in [2.45, 2.75) is 45.8 Å². The van der Waals surface area contributed by atoms with E-state index < -0.39 is 12.0 Å². The average molecular weight is 556 g/mol. The SMILES string of the molecule is CCCN(CCC)c1ccc(-c2nc3cccc(COc4c(Cl)cc(CC(N)C(=O)O)cc4Cl)c3o2)cc1. The summed E-state index contributed by atoms with van der Waals surface area (Å²) in [6, 6.07) is 16.2. The molecular formula is C29H31Cl2N3O4. The first-order valence-electron chi connectivity index (χ1n) is 12.6. The quantitative estimate of drug-likeness (QED) is 0.194. The smallest absolute Gasteiger partial charge is 0.320 e. The van der Waals surface area contributed by atoms with Crippen molar-refractivity contribution in [1.82, 2.24) is 4.98 Å². The molecular weight excluding hydrogens is 525 g/mol. The number of carboxylic acid groups (broad SMARTS) is 1. The number of aliphatic carboxylic acids is 1. The van der Waals surface area contributed by atoms with E-state index in [0.29, 0.717) is 22.8 Å². The van der Waals surface area contributed by atoms with Gasteiger partial charge in [-0.05, 0) is 67.3 Å². The van der Waals surface area contributed by atoms with Gasteiger partial charge < -0.3 is 24.9 Å². The maximum atomic E-state index is 11.1. The normalized spacial score (nSPS) is 12.0. The molecule has 1 heterocycles. The summed E-state index contributed by atoms with van der Waals surface area (Å²) in [5.41, 5.74) is 10.5. The molecule has 200 valence electrons. The molecule has 38 heavy (non-hydrogen) atoms. The van der Waals surface area contributed by atoms with Crippen LogP contribution in [0.1, 0.15) is 37.8 Å². The minimum atomic E-state index is -1.09. The van der Waals surface area contributed by atoms with Crippen LogP contribution in [-0.4, -0.2) is 35.2 Å². The number of nitrogens with two attached hydrogens (primary N) is 1. The third kappa shape index (κ3) is 6.41. The molecule has 1 unspecified atom stereocenters. The summed E-state index contributed by atoms with van der Waals surface area (Å²) >= 11 is 12.8. The van der Waals surface area contributed by atoms with E-state index in [9.17, 15) is 4.79 Å². The number of oxazole rings is 1. The van der Waals surface area contributed by atoms with E-state index in [2.05, 4.69) is 35.9 Å². The van der Waals surface area contributed by atoms with Crippen LogP contribution in [0.15, 0.2) is 59.0 Å². The number of hydrogen-bond donors (Lipinski definition) is 2. The van der Waals surface area contributed by atoms with Gasteiger partial charge >= 0.3 is 5.97 Å². The molecule has 0 amide bonds. The molecule has 0 saturated heterocycles. The van der Waals surface area contributed by atoms with Gasteiger partial charge in [0.25, 0.3) is 0 Å². The Kier molecular flexibility index (Phi) is 9.15. The Labute approximate surface area is 232 Å². The highest BCUT2D eigenvalue weighted by atomic mass is 35.5. The lowest BCUT2D eigenvalue weighted by Gasteiger charge is -2.23. The summed E-state index contributed by atoms with van der Waals surface area (Å²) in [7, 11) is 0. The van der Waals surface area contributed by atoms with Crippen LogP contribution in [0.2, 0.25) is 10.0 Å². The predicted molar refractivity (Wildman–Crippen MR) is 152 cm³/mol. The number of fused-ring (bicyclic) bond motifs is 1. The van der Waals surface area contributed by atoms with Gasteiger partial charge in [0.2, 0.25) is 5.89 Å². The maximum absolute atomic E-state index is 11.1. The molecule has 4 aromatic rings. The van der Waals surface area contributed by atoms with Crippen molar-refractivity contribution in [3.05, 3.63) is 75.8 Å². The van der Waals surface area contributed by atoms with Crippen molar-refractivity contribution < 1.29 is 19.1 Å². The van der Waals surface area contributed by atoms with E-state index in [1.54, 1.807) is 12.1 Å². The van der Waals surface area contributed by atoms with Crippen LogP contribution >= 0.6 is 23.2 Å². The number of nitrogens with zero attached hydrogens (tertiary/aromatic N) is 2. The molecule has 1 aromatic heterocycles. The second-order valence-corrected chi connectivity index (χ2v) is 9.96. The molecule has 3 aromatic carbocycles. The lowest BCUT2D eigenvalue weighted by molar-refractivity contribution is -0.138. The van der Waals surface area contributed by atoms with Gasteiger partial charge in [0.1, 0.15) is 18.2 Å². The standard InChI is InChI=1S/C29H31Cl2N3O4/c1-3-12-34(13-4-2)21-10-8-19(9-11-21)28-33-25-7-5-6-20(26(25)38-28)17-37-27-22(30)14-18(15-23(27)31)16-24(32)29(35)36/h5-11,14-15,24H,3-4,12-13,16-17,32H2,1-2H3,(H,35,36). The van der Waals surface area contributed by atoms with Gasteiger partial charge in [-0.25, -0.2) is 4.98 Å². The van der Waals surface area contributed by atoms with Gasteiger partial charge in [-0.15, -0.1) is 0 Å². The molecule has 7 nitrogen and oxygen atoms in total. The number of rotatable bonds is 12. The van der Waals surface area contributed by atoms with Crippen LogP contribution in [-0.2, 0) is 17.8 Å². The third-order valence-electron chi connectivity index (χ3n) is 6.17. The molecule has 0 spiro atoms. The van der Waals surface area contributed by atoms with E-state index >= 15 is 0 Å². The highest BCUT2D eigenvalue weighted by Crippen LogP contribution is 2.36. The van der Waals surface area contributed by atoms with Gasteiger partial charge in [0.15, 0.2) is 11.3 Å². The highest BCUT2D eigenvalue weighted by Gasteiger charge is 2.17. The number of para-hydroxylation sites is 1. The van der Waals surface area contributed by atoms with Gasteiger partial charge in [-0.3, -0.25) is 4.79 Å². The van der Waals surface area contributed by atoms with Crippen molar-refractivity contribution >= 4 is 46.0 Å². The summed E-state index contributed by atoms with van der Waals surface area (Å²) in [4.78, 5) is 18.1. The topological polar surface area (TPSA) is 102 Å². The van der Waals surface area contributed by atoms with Crippen molar-refractivity contribution in [2.75, 3.05) is 18.0 Å². The second kappa shape index (κ2) is 12.5. The molecule has 0 fully saturated rings. The fraction of sp³-hybridized carbons (Fsp3) is 0.310. The minimum absolute atomic E-state index is 0.103. The first-order chi connectivity index (χ1) is 18.3. The van der Waals surface area contributed by atoms with Crippen molar-refractivity contribution in [2.24, 2.45) is 5.73 Å². The zero-order chi connectivity index (χ0) is 27.2. The third-order valence-corrected chi connectivity index (χ3v) is 6.73. The first-order valence-corrected chi connectivity index (χ1v) is 13.4. The molecule has 0 radical (unpaired) electrons. The van der Waals surface area contributed by atoms with Crippen LogP contribution in [0.3, 0.4) is 0 Å². The molecule has 0 bridgehead atoms. The van der Waals surface area contributed by atoms with Gasteiger partial charge in [0, 0.05) is 29.9 Å². The lowest BCUT2D eigenvalue weighted by atomic mass is 10.1. The van der Waals surface area contributed by atoms with Crippen molar-refractivity contribution in [1.29, 1.82) is 0 Å². The van der Waals surface area contributed by atoms with Crippen LogP contribution in [0.4, 0.5) is 5.69 Å². The first kappa shape index (κ1) is 27.8. The number of carbonyl (C=O) groups is 1. The second-order valence-electron chi connectivity index (χ2n) is 9.14. The molecule has 4 rings (SSSR count). The fourth-order valence-corrected chi connectivity index (χ4v) is 4.97. The maximum Gasteiger partial charge on any atom is 0.320 e. The van der Waals surface area contributed by atoms with E-state index in [4.69, 9.17) is 43.2 Å². The van der Waals surface area contributed by atoms with Crippen LogP contribution < -0.4 is 15.4 Å². The predicted octanol–water partition coefficient (Wildman–Crippen LogP) is 6.96. The van der Waals surface area contributed by atoms with E-state index in [1.165, 1.54) is 5.69 Å². The summed E-state index contributed by atoms with van der Waals surface area (Å²) in [5.74, 6) is -0.258. The summed E-state index contributed by atoms with van der Waals surface area (Å²) in [5, 5.41) is 9.60. The number of ether oxygens (including phenoxy) is 1. The number of benzene rings is 3. The number of hydrogen-bond acceptors (Lipinski definition) is 6. The van der Waals surface area contributed by atoms with Gasteiger partial charge in [-0.2, -0.15) is 0 Å². The lowest BCUT2D eigenvalue weighted by Crippen LogP contribution is -2.32. The number of aromatic nitrogens is 1. The molecule has 0 saturated carbocycles. The molecule has 0 aliphatic heterocycles. The molecule has 0 aliphatic carbocycles. The summed E-state index contributed by atoms with van der Waals surface area (Å²) < 4.78 is 12.1. The number of carboxylic acids is 1. The van der Waals surface area contributed by atoms with Crippen molar-refractivity contribution in [3.63, 3.8) is 0 Å². The van der Waals surface area contributed by atoms with Crippen LogP contribution in [0, 0.1) is 0 Å². The number of anilines is 1. The van der Waals surface area contributed by atoms with Crippen LogP contribution in [0.5, 0.6) is 5.75 Å². The Hall–Kier alpha value is -3.26. The van der Waals surface area contributed by atoms with E-state index in [0.717, 1.165) is 42.6 Å². The highest BCUT2D eigenvalue weighted by molar-refractivity contribution is 6.37. The van der Waals surface area contributed by atoms with E-state index in [1.807, 2.05) is 30.3 Å². The monoisotopic (exact) mass is 555 g/mol. The minimum Gasteiger partial charge on any atom is -0.486 e. The largest absolute Gasteiger partial charge is 0.486 e. The Balaban J connectivity index is 1.53. The zero-order valence-corrected chi connectivity index (χ0v) is 22.9. The summed E-state index contributed by atoms with van der Waals surface area (Å²) in [6.07, 6.45) is 2.29. The van der Waals surface area contributed by atoms with Crippen molar-refractivity contribution in [3.8, 4) is 17.2 Å². The Morgan fingerprint density at radius 3 is 2.34 bits per heavy atom. The molecule has 1 atom stereocenters. The Morgan fingerprint density at radius 1 is 1.08 bits per heavy atom. The van der Waals surface area contributed by atoms with E-state index in [-0.39, 0.29) is 23.1 Å². The average Bonchev–Trinajstić information content (AvgIpc) is 3.33. The molecule has 3 N–H and O–H groups in total. The fourth-order valence-electron chi connectivity index (χ4n) is 4.33. The Morgan fingerprint density at radius 2 is 1.74 bits per heavy atom. The number of halogens is 2. The molecule has 0 aliphatic rings. The van der Waals surface area contributed by atoms with Gasteiger partial charge in [-0.1, -0.05) is 49.2 Å². The van der Waals surface area contributed by atoms with Gasteiger partial charge in [0.05, 0.1) is 10.0 Å². The summed E-state index contributed by atoms with van der Waals surface area (Å²) in [6.45, 7) is 6.57. The molecule has 9 heteroatoms. The van der Waals surface area contributed by atoms with Crippen LogP contribution in [0.25, 0.3) is 22.6 Å². The Bertz CT molecular complexity index is 1380.